The normalized spacial score (nSPS) is 14.6. The minimum absolute atomic E-state index is 0.241. The zero-order valence-corrected chi connectivity index (χ0v) is 18.0. The Kier molecular flexibility index (Phi) is 3.92. The van der Waals surface area contributed by atoms with E-state index in [1.165, 1.54) is 0 Å². The van der Waals surface area contributed by atoms with E-state index in [1.54, 1.807) is 23.3 Å². The maximum atomic E-state index is 6.41. The van der Waals surface area contributed by atoms with Gasteiger partial charge < -0.3 is 9.15 Å². The molecule has 9 nitrogen and oxygen atoms in total. The van der Waals surface area contributed by atoms with Gasteiger partial charge in [0.2, 0.25) is 17.6 Å². The van der Waals surface area contributed by atoms with Gasteiger partial charge in [-0.3, -0.25) is 4.98 Å². The van der Waals surface area contributed by atoms with Gasteiger partial charge in [0.25, 0.3) is 0 Å². The fraction of sp³-hybridized carbons (Fsp3) is 0.0800. The van der Waals surface area contributed by atoms with Crippen molar-refractivity contribution in [1.29, 1.82) is 0 Å². The number of pyridine rings is 1. The quantitative estimate of drug-likeness (QED) is 0.392. The molecule has 6 heterocycles. The molecular weight excluding hydrogens is 430 g/mol. The van der Waals surface area contributed by atoms with Crippen molar-refractivity contribution >= 4 is 5.65 Å². The summed E-state index contributed by atoms with van der Waals surface area (Å²) < 4.78 is 15.4. The molecule has 0 radical (unpaired) electrons. The molecule has 0 saturated carbocycles. The Labute approximate surface area is 193 Å². The molecule has 34 heavy (non-hydrogen) atoms. The van der Waals surface area contributed by atoms with Crippen molar-refractivity contribution in [2.24, 2.45) is 0 Å². The summed E-state index contributed by atoms with van der Waals surface area (Å²) >= 11 is 0. The summed E-state index contributed by atoms with van der Waals surface area (Å²) in [6.07, 6.45) is 6.82. The lowest BCUT2D eigenvalue weighted by molar-refractivity contribution is 0.402. The fourth-order valence-electron chi connectivity index (χ4n) is 4.51. The van der Waals surface area contributed by atoms with Gasteiger partial charge in [0.1, 0.15) is 6.33 Å². The van der Waals surface area contributed by atoms with Crippen LogP contribution in [0.15, 0.2) is 84.0 Å². The van der Waals surface area contributed by atoms with E-state index in [2.05, 4.69) is 15.1 Å². The molecule has 0 aliphatic carbocycles. The average molecular weight is 447 g/mol. The summed E-state index contributed by atoms with van der Waals surface area (Å²) in [6.45, 7) is 1.99. The van der Waals surface area contributed by atoms with E-state index in [-0.39, 0.29) is 5.92 Å². The highest BCUT2D eigenvalue weighted by Crippen LogP contribution is 2.49. The van der Waals surface area contributed by atoms with Crippen molar-refractivity contribution in [1.82, 2.24) is 34.3 Å². The van der Waals surface area contributed by atoms with Crippen molar-refractivity contribution in [2.75, 3.05) is 0 Å². The first-order chi connectivity index (χ1) is 16.8. The standard InChI is InChI=1S/C25H17N7O2/c1-15-19-20(16-7-5-11-26-13-16)21-23-28-22(18-10-6-12-33-18)30-31(23)14-27-24(21)34-25(19)32(29-15)17-8-3-2-4-9-17/h2-14,20H,1H3. The zero-order chi connectivity index (χ0) is 22.6. The van der Waals surface area contributed by atoms with Crippen LogP contribution in [0.4, 0.5) is 0 Å². The number of fused-ring (bicyclic) bond motifs is 4. The minimum Gasteiger partial charge on any atom is -0.461 e. The first kappa shape index (κ1) is 18.8. The number of aromatic nitrogens is 7. The Balaban J connectivity index is 1.51. The highest BCUT2D eigenvalue weighted by atomic mass is 16.5. The van der Waals surface area contributed by atoms with Gasteiger partial charge in [-0.1, -0.05) is 24.3 Å². The van der Waals surface area contributed by atoms with Crippen LogP contribution >= 0.6 is 0 Å². The van der Waals surface area contributed by atoms with Gasteiger partial charge in [0.15, 0.2) is 11.4 Å². The summed E-state index contributed by atoms with van der Waals surface area (Å²) in [6, 6.07) is 17.5. The Morgan fingerprint density at radius 3 is 2.65 bits per heavy atom. The molecule has 0 N–H and O–H groups in total. The molecule has 1 aromatic carbocycles. The van der Waals surface area contributed by atoms with Gasteiger partial charge >= 0.3 is 0 Å². The SMILES string of the molecule is Cc1nn(-c2ccccc2)c2c1C(c1cccnc1)c1c(ncn3nc(-c4ccco4)nc13)O2. The van der Waals surface area contributed by atoms with Crippen LogP contribution in [0.1, 0.15) is 28.3 Å². The van der Waals surface area contributed by atoms with Gasteiger partial charge in [-0.15, -0.1) is 5.10 Å². The van der Waals surface area contributed by atoms with Gasteiger partial charge in [0.05, 0.1) is 34.7 Å². The molecule has 0 bridgehead atoms. The number of rotatable bonds is 3. The Bertz CT molecular complexity index is 1640. The van der Waals surface area contributed by atoms with Crippen LogP contribution in [0.3, 0.4) is 0 Å². The fourth-order valence-corrected chi connectivity index (χ4v) is 4.51. The lowest BCUT2D eigenvalue weighted by Crippen LogP contribution is -2.16. The first-order valence-corrected chi connectivity index (χ1v) is 10.8. The minimum atomic E-state index is -0.241. The average Bonchev–Trinajstić information content (AvgIpc) is 3.63. The van der Waals surface area contributed by atoms with Crippen LogP contribution in [0.25, 0.3) is 22.9 Å². The third-order valence-electron chi connectivity index (χ3n) is 5.98. The van der Waals surface area contributed by atoms with Crippen LogP contribution < -0.4 is 4.74 Å². The van der Waals surface area contributed by atoms with E-state index in [0.717, 1.165) is 28.1 Å². The number of ether oxygens (including phenoxy) is 1. The number of nitrogens with zero attached hydrogens (tertiary/aromatic N) is 7. The van der Waals surface area contributed by atoms with E-state index in [0.29, 0.717) is 29.0 Å². The van der Waals surface area contributed by atoms with Crippen LogP contribution in [-0.2, 0) is 0 Å². The molecule has 1 atom stereocenters. The van der Waals surface area contributed by atoms with Gasteiger partial charge in [-0.05, 0) is 42.8 Å². The predicted molar refractivity (Wildman–Crippen MR) is 122 cm³/mol. The predicted octanol–water partition coefficient (Wildman–Crippen LogP) is 4.56. The third kappa shape index (κ3) is 2.70. The monoisotopic (exact) mass is 447 g/mol. The van der Waals surface area contributed by atoms with E-state index in [9.17, 15) is 0 Å². The molecule has 6 aromatic rings. The highest BCUT2D eigenvalue weighted by molar-refractivity contribution is 5.67. The van der Waals surface area contributed by atoms with Gasteiger partial charge in [0, 0.05) is 12.4 Å². The topological polar surface area (TPSA) is 96.2 Å². The molecular formula is C25H17N7O2. The molecule has 7 rings (SSSR count). The number of benzene rings is 1. The number of para-hydroxylation sites is 1. The van der Waals surface area contributed by atoms with Gasteiger partial charge in [-0.2, -0.15) is 5.10 Å². The van der Waals surface area contributed by atoms with E-state index in [4.69, 9.17) is 19.2 Å². The molecule has 1 unspecified atom stereocenters. The Morgan fingerprint density at radius 2 is 1.85 bits per heavy atom. The first-order valence-electron chi connectivity index (χ1n) is 10.8. The van der Waals surface area contributed by atoms with Crippen molar-refractivity contribution in [3.8, 4) is 29.0 Å². The van der Waals surface area contributed by atoms with Crippen LogP contribution in [0.2, 0.25) is 0 Å². The molecule has 5 aromatic heterocycles. The largest absolute Gasteiger partial charge is 0.461 e. The van der Waals surface area contributed by atoms with Crippen molar-refractivity contribution < 1.29 is 9.15 Å². The van der Waals surface area contributed by atoms with Crippen LogP contribution in [-0.4, -0.2) is 34.3 Å². The molecule has 0 saturated heterocycles. The number of aryl methyl sites for hydroxylation is 1. The number of hydrogen-bond donors (Lipinski definition) is 0. The third-order valence-corrected chi connectivity index (χ3v) is 5.98. The summed E-state index contributed by atoms with van der Waals surface area (Å²) in [5, 5.41) is 9.41. The van der Waals surface area contributed by atoms with Crippen molar-refractivity contribution in [3.05, 3.63) is 102 Å². The molecule has 1 aliphatic rings. The second-order valence-corrected chi connectivity index (χ2v) is 8.02. The lowest BCUT2D eigenvalue weighted by Gasteiger charge is -2.26. The summed E-state index contributed by atoms with van der Waals surface area (Å²) in [5.41, 5.74) is 5.14. The maximum Gasteiger partial charge on any atom is 0.230 e. The maximum absolute atomic E-state index is 6.41. The summed E-state index contributed by atoms with van der Waals surface area (Å²) in [4.78, 5) is 13.8. The molecule has 0 fully saturated rings. The molecule has 164 valence electrons. The molecule has 9 heteroatoms. The second kappa shape index (κ2) is 7.11. The second-order valence-electron chi connectivity index (χ2n) is 8.02. The smallest absolute Gasteiger partial charge is 0.230 e. The number of furan rings is 1. The lowest BCUT2D eigenvalue weighted by atomic mass is 9.85. The summed E-state index contributed by atoms with van der Waals surface area (Å²) in [5.74, 6) is 1.92. The number of hydrogen-bond acceptors (Lipinski definition) is 7. The van der Waals surface area contributed by atoms with Crippen LogP contribution in [0, 0.1) is 6.92 Å². The van der Waals surface area contributed by atoms with Crippen molar-refractivity contribution in [3.63, 3.8) is 0 Å². The van der Waals surface area contributed by atoms with E-state index in [1.807, 2.05) is 72.4 Å². The molecule has 0 amide bonds. The van der Waals surface area contributed by atoms with E-state index < -0.39 is 0 Å². The molecule has 0 spiro atoms. The van der Waals surface area contributed by atoms with Crippen LogP contribution in [0.5, 0.6) is 11.8 Å². The zero-order valence-electron chi connectivity index (χ0n) is 18.0. The Morgan fingerprint density at radius 1 is 0.941 bits per heavy atom. The Hall–Kier alpha value is -4.79. The van der Waals surface area contributed by atoms with Crippen molar-refractivity contribution in [2.45, 2.75) is 12.8 Å². The molecule has 1 aliphatic heterocycles. The summed E-state index contributed by atoms with van der Waals surface area (Å²) in [7, 11) is 0. The van der Waals surface area contributed by atoms with Gasteiger partial charge in [-0.25, -0.2) is 19.2 Å². The highest BCUT2D eigenvalue weighted by Gasteiger charge is 2.38. The van der Waals surface area contributed by atoms with E-state index >= 15 is 0 Å².